The van der Waals surface area contributed by atoms with E-state index in [9.17, 15) is 0 Å². The van der Waals surface area contributed by atoms with Gasteiger partial charge in [0.2, 0.25) is 0 Å². The monoisotopic (exact) mass is 678 g/mol. The average Bonchev–Trinajstić information content (AvgIpc) is 3.12. The first-order valence-electron chi connectivity index (χ1n) is 18.4. The van der Waals surface area contributed by atoms with Gasteiger partial charge in [-0.2, -0.15) is 0 Å². The van der Waals surface area contributed by atoms with E-state index in [-0.39, 0.29) is 6.10 Å². The molecule has 0 aliphatic heterocycles. The molecule has 0 spiro atoms. The van der Waals surface area contributed by atoms with Gasteiger partial charge in [-0.05, 0) is 60.7 Å². The highest BCUT2D eigenvalue weighted by Crippen LogP contribution is 2.42. The fraction of sp³-hybridized carbons (Fsp3) is 0.571. The van der Waals surface area contributed by atoms with Gasteiger partial charge in [0.15, 0.2) is 0 Å². The molecule has 0 saturated carbocycles. The molecule has 1 atom stereocenters. The molecular weight excluding hydrogens is 615 g/mol. The van der Waals surface area contributed by atoms with Crippen LogP contribution in [0.5, 0.6) is 11.5 Å². The Hall–Kier alpha value is -2.43. The summed E-state index contributed by atoms with van der Waals surface area (Å²) in [7, 11) is 2.78. The Morgan fingerprint density at radius 2 is 0.979 bits per heavy atom. The van der Waals surface area contributed by atoms with Crippen LogP contribution in [0.25, 0.3) is 0 Å². The quantitative estimate of drug-likeness (QED) is 0.0456. The molecule has 0 aromatic heterocycles. The van der Waals surface area contributed by atoms with E-state index in [0.29, 0.717) is 13.2 Å². The Bertz CT molecular complexity index is 1150. The van der Waals surface area contributed by atoms with Crippen LogP contribution in [0.3, 0.4) is 0 Å². The van der Waals surface area contributed by atoms with Crippen LogP contribution in [0, 0.1) is 0 Å². The first kappa shape index (κ1) is 40.0. The largest absolute Gasteiger partial charge is 0.497 e. The van der Waals surface area contributed by atoms with E-state index in [1.54, 1.807) is 14.2 Å². The molecule has 0 amide bonds. The van der Waals surface area contributed by atoms with Crippen LogP contribution in [-0.2, 0) is 19.6 Å². The molecule has 266 valence electrons. The number of hydrogen-bond acceptors (Lipinski definition) is 5. The second kappa shape index (κ2) is 23.8. The van der Waals surface area contributed by atoms with Gasteiger partial charge in [0.05, 0.1) is 27.4 Å². The van der Waals surface area contributed by atoms with Gasteiger partial charge in [-0.1, -0.05) is 145 Å². The van der Waals surface area contributed by atoms with Crippen LogP contribution in [0.15, 0.2) is 78.9 Å². The third-order valence-corrected chi connectivity index (χ3v) is 9.68. The van der Waals surface area contributed by atoms with Crippen molar-refractivity contribution in [3.8, 4) is 11.5 Å². The van der Waals surface area contributed by atoms with E-state index in [4.69, 9.17) is 23.5 Å². The van der Waals surface area contributed by atoms with Crippen LogP contribution < -0.4 is 9.47 Å². The first-order valence-corrected chi connectivity index (χ1v) is 20.6. The summed E-state index contributed by atoms with van der Waals surface area (Å²) >= 11 is 0. The Balaban J connectivity index is 1.56. The zero-order valence-electron chi connectivity index (χ0n) is 30.6. The van der Waals surface area contributed by atoms with Gasteiger partial charge < -0.3 is 23.5 Å². The van der Waals surface area contributed by atoms with Crippen molar-refractivity contribution in [1.29, 1.82) is 0 Å². The van der Waals surface area contributed by atoms with E-state index >= 15 is 0 Å². The molecule has 48 heavy (non-hydrogen) atoms. The maximum Gasteiger partial charge on any atom is 0.143 e. The molecule has 1 unspecified atom stereocenters. The van der Waals surface area contributed by atoms with Crippen molar-refractivity contribution < 1.29 is 23.5 Å². The predicted octanol–water partition coefficient (Wildman–Crippen LogP) is 11.6. The van der Waals surface area contributed by atoms with E-state index in [1.807, 2.05) is 30.3 Å². The summed E-state index contributed by atoms with van der Waals surface area (Å²) in [6, 6.07) is 26.7. The lowest BCUT2D eigenvalue weighted by Crippen LogP contribution is -2.37. The minimum Gasteiger partial charge on any atom is -0.497 e. The molecule has 6 heteroatoms. The van der Waals surface area contributed by atoms with Crippen LogP contribution in [0.2, 0.25) is 0 Å². The number of benzene rings is 3. The van der Waals surface area contributed by atoms with Crippen molar-refractivity contribution >= 4 is 8.15 Å². The average molecular weight is 679 g/mol. The smallest absolute Gasteiger partial charge is 0.143 e. The molecule has 3 aromatic rings. The highest BCUT2D eigenvalue weighted by Gasteiger charge is 2.38. The SMILES string of the molecule is CCCCCCCCCCCCCCCCOCC(COC(c1ccccc1)(c1ccc(OC)cc1)c1ccc(OC)cc1)OP(C)C. The Labute approximate surface area is 293 Å². The molecule has 3 rings (SSSR count). The fourth-order valence-corrected chi connectivity index (χ4v) is 7.03. The number of ether oxygens (including phenoxy) is 4. The van der Waals surface area contributed by atoms with Gasteiger partial charge in [0, 0.05) is 14.8 Å². The second-order valence-corrected chi connectivity index (χ2v) is 14.9. The van der Waals surface area contributed by atoms with E-state index < -0.39 is 13.7 Å². The van der Waals surface area contributed by atoms with Gasteiger partial charge in [-0.25, -0.2) is 0 Å². The lowest BCUT2D eigenvalue weighted by Gasteiger charge is -2.37. The van der Waals surface area contributed by atoms with Crippen molar-refractivity contribution in [3.05, 3.63) is 95.6 Å². The normalized spacial score (nSPS) is 12.4. The molecule has 0 bridgehead atoms. The Kier molecular flexibility index (Phi) is 19.9. The standard InChI is InChI=1S/C42H63O5P/c1-6-7-8-9-10-11-12-13-14-15-16-17-18-22-33-45-34-41(47-48(4)5)35-46-42(36-23-20-19-21-24-36,37-25-29-39(43-2)30-26-37)38-27-31-40(44-3)32-28-38/h19-21,23-32,41H,6-18,22,33-35H2,1-5H3. The maximum absolute atomic E-state index is 7.10. The zero-order chi connectivity index (χ0) is 34.3. The second-order valence-electron chi connectivity index (χ2n) is 13.0. The maximum atomic E-state index is 7.10. The third kappa shape index (κ3) is 13.8. The topological polar surface area (TPSA) is 46.2 Å². The van der Waals surface area contributed by atoms with Gasteiger partial charge in [-0.3, -0.25) is 0 Å². The highest BCUT2D eigenvalue weighted by atomic mass is 31.1. The van der Waals surface area contributed by atoms with Crippen LogP contribution in [0.1, 0.15) is 114 Å². The molecule has 5 nitrogen and oxygen atoms in total. The molecule has 0 aliphatic rings. The van der Waals surface area contributed by atoms with Crippen LogP contribution in [0.4, 0.5) is 0 Å². The van der Waals surface area contributed by atoms with Crippen LogP contribution in [-0.4, -0.2) is 53.5 Å². The van der Waals surface area contributed by atoms with E-state index in [1.165, 1.54) is 83.5 Å². The molecule has 0 N–H and O–H groups in total. The summed E-state index contributed by atoms with van der Waals surface area (Å²) < 4.78 is 30.7. The zero-order valence-corrected chi connectivity index (χ0v) is 31.5. The molecule has 3 aromatic carbocycles. The summed E-state index contributed by atoms with van der Waals surface area (Å²) in [4.78, 5) is 0. The third-order valence-electron chi connectivity index (χ3n) is 8.96. The van der Waals surface area contributed by atoms with Crippen molar-refractivity contribution in [3.63, 3.8) is 0 Å². The summed E-state index contributed by atoms with van der Waals surface area (Å²) in [5.41, 5.74) is 2.19. The van der Waals surface area contributed by atoms with Crippen molar-refractivity contribution in [2.75, 3.05) is 47.4 Å². The summed E-state index contributed by atoms with van der Waals surface area (Å²) in [6.45, 7) is 8.20. The number of hydrogen-bond donors (Lipinski definition) is 0. The number of methoxy groups -OCH3 is 2. The van der Waals surface area contributed by atoms with Crippen molar-refractivity contribution in [1.82, 2.24) is 0 Å². The molecule has 0 fully saturated rings. The fourth-order valence-electron chi connectivity index (χ4n) is 6.31. The van der Waals surface area contributed by atoms with Crippen LogP contribution >= 0.6 is 8.15 Å². The Morgan fingerprint density at radius 1 is 0.542 bits per heavy atom. The predicted molar refractivity (Wildman–Crippen MR) is 203 cm³/mol. The highest BCUT2D eigenvalue weighted by molar-refractivity contribution is 7.50. The van der Waals surface area contributed by atoms with Gasteiger partial charge in [0.1, 0.15) is 23.2 Å². The summed E-state index contributed by atoms with van der Waals surface area (Å²) in [6.07, 6.45) is 18.8. The molecular formula is C42H63O5P. The van der Waals surface area contributed by atoms with E-state index in [0.717, 1.165) is 41.2 Å². The molecule has 0 radical (unpaired) electrons. The van der Waals surface area contributed by atoms with Gasteiger partial charge >= 0.3 is 0 Å². The molecule has 0 saturated heterocycles. The van der Waals surface area contributed by atoms with Crippen molar-refractivity contribution in [2.24, 2.45) is 0 Å². The van der Waals surface area contributed by atoms with Gasteiger partial charge in [-0.15, -0.1) is 0 Å². The first-order chi connectivity index (χ1) is 23.5. The van der Waals surface area contributed by atoms with Crippen molar-refractivity contribution in [2.45, 2.75) is 109 Å². The number of rotatable bonds is 27. The molecule has 0 heterocycles. The minimum absolute atomic E-state index is 0.183. The summed E-state index contributed by atoms with van der Waals surface area (Å²) in [5, 5.41) is 0. The lowest BCUT2D eigenvalue weighted by molar-refractivity contribution is -0.0522. The van der Waals surface area contributed by atoms with E-state index in [2.05, 4.69) is 68.8 Å². The summed E-state index contributed by atoms with van der Waals surface area (Å²) in [5.74, 6) is 1.60. The number of unbranched alkanes of at least 4 members (excludes halogenated alkanes) is 13. The lowest BCUT2D eigenvalue weighted by atomic mass is 9.80. The minimum atomic E-state index is -0.875. The Morgan fingerprint density at radius 3 is 1.42 bits per heavy atom. The van der Waals surface area contributed by atoms with Gasteiger partial charge in [0.25, 0.3) is 0 Å². The molecule has 0 aliphatic carbocycles.